The Morgan fingerprint density at radius 3 is 2.32 bits per heavy atom. The number of nitrogens with zero attached hydrogens (tertiary/aromatic N) is 2. The summed E-state index contributed by atoms with van der Waals surface area (Å²) in [6.07, 6.45) is 1.13. The van der Waals surface area contributed by atoms with Gasteiger partial charge in [0, 0.05) is 39.3 Å². The predicted molar refractivity (Wildman–Crippen MR) is 94.5 cm³/mol. The molecule has 0 amide bonds. The first kappa shape index (κ1) is 19.2. The molecule has 1 unspecified atom stereocenters. The molecule has 1 atom stereocenters. The zero-order chi connectivity index (χ0) is 16.6. The number of morpholine rings is 1. The Kier molecular flexibility index (Phi) is 8.18. The summed E-state index contributed by atoms with van der Waals surface area (Å²) >= 11 is 0. The molecule has 0 aromatic carbocycles. The molecular formula is C17H36N4O. The highest BCUT2D eigenvalue weighted by molar-refractivity contribution is 5.79. The van der Waals surface area contributed by atoms with Gasteiger partial charge in [-0.15, -0.1) is 0 Å². The lowest BCUT2D eigenvalue weighted by Crippen LogP contribution is -2.52. The van der Waals surface area contributed by atoms with E-state index in [-0.39, 0.29) is 0 Å². The Balaban J connectivity index is 2.41. The summed E-state index contributed by atoms with van der Waals surface area (Å²) in [5, 5.41) is 6.91. The van der Waals surface area contributed by atoms with Crippen LogP contribution in [0.4, 0.5) is 0 Å². The third-order valence-electron chi connectivity index (χ3n) is 4.15. The van der Waals surface area contributed by atoms with E-state index in [1.807, 2.05) is 7.05 Å². The second-order valence-electron chi connectivity index (χ2n) is 7.65. The molecule has 5 heteroatoms. The van der Waals surface area contributed by atoms with Crippen LogP contribution in [-0.2, 0) is 4.74 Å². The summed E-state index contributed by atoms with van der Waals surface area (Å²) in [5.74, 6) is 1.52. The highest BCUT2D eigenvalue weighted by Gasteiger charge is 2.23. The molecule has 1 rings (SSSR count). The molecule has 0 saturated carbocycles. The average Bonchev–Trinajstić information content (AvgIpc) is 2.45. The van der Waals surface area contributed by atoms with Gasteiger partial charge in [0.1, 0.15) is 0 Å². The third kappa shape index (κ3) is 7.45. The first-order chi connectivity index (χ1) is 10.3. The molecule has 0 aliphatic carbocycles. The fourth-order valence-corrected chi connectivity index (χ4v) is 2.67. The van der Waals surface area contributed by atoms with Crippen LogP contribution in [0.3, 0.4) is 0 Å². The van der Waals surface area contributed by atoms with Gasteiger partial charge < -0.3 is 15.4 Å². The van der Waals surface area contributed by atoms with Crippen LogP contribution >= 0.6 is 0 Å². The van der Waals surface area contributed by atoms with Gasteiger partial charge in [0.05, 0.1) is 13.2 Å². The Hall–Kier alpha value is -0.810. The summed E-state index contributed by atoms with van der Waals surface area (Å²) in [4.78, 5) is 6.87. The number of ether oxygens (including phenoxy) is 1. The summed E-state index contributed by atoms with van der Waals surface area (Å²) in [5.41, 5.74) is 0.347. The molecule has 1 fully saturated rings. The van der Waals surface area contributed by atoms with Crippen molar-refractivity contribution in [1.29, 1.82) is 0 Å². The lowest BCUT2D eigenvalue weighted by atomic mass is 9.92. The van der Waals surface area contributed by atoms with Crippen molar-refractivity contribution >= 4 is 5.96 Å². The van der Waals surface area contributed by atoms with Gasteiger partial charge >= 0.3 is 0 Å². The zero-order valence-corrected chi connectivity index (χ0v) is 15.4. The number of rotatable bonds is 6. The summed E-state index contributed by atoms with van der Waals surface area (Å²) in [6, 6.07) is 0.519. The van der Waals surface area contributed by atoms with Crippen molar-refractivity contribution in [2.75, 3.05) is 46.4 Å². The first-order valence-corrected chi connectivity index (χ1v) is 8.60. The molecule has 0 radical (unpaired) electrons. The van der Waals surface area contributed by atoms with E-state index >= 15 is 0 Å². The van der Waals surface area contributed by atoms with Crippen molar-refractivity contribution in [2.45, 2.75) is 47.1 Å². The van der Waals surface area contributed by atoms with Crippen LogP contribution in [0, 0.1) is 11.3 Å². The van der Waals surface area contributed by atoms with Gasteiger partial charge in [-0.25, -0.2) is 0 Å². The minimum absolute atomic E-state index is 0.347. The SMILES string of the molecule is CN=C(NCCC(C)(C)C)NCC(C(C)C)N1CCOCC1. The summed E-state index contributed by atoms with van der Waals surface area (Å²) in [6.45, 7) is 17.0. The van der Waals surface area contributed by atoms with E-state index in [4.69, 9.17) is 4.74 Å². The zero-order valence-electron chi connectivity index (χ0n) is 15.4. The molecule has 0 aromatic rings. The standard InChI is InChI=1S/C17H36N4O/c1-14(2)15(21-9-11-22-12-10-21)13-20-16(18-6)19-8-7-17(3,4)5/h14-15H,7-13H2,1-6H3,(H2,18,19,20). The molecule has 0 spiro atoms. The van der Waals surface area contributed by atoms with Crippen molar-refractivity contribution in [3.05, 3.63) is 0 Å². The number of aliphatic imine (C=N–C) groups is 1. The third-order valence-corrected chi connectivity index (χ3v) is 4.15. The normalized spacial score (nSPS) is 19.3. The van der Waals surface area contributed by atoms with E-state index < -0.39 is 0 Å². The van der Waals surface area contributed by atoms with Crippen molar-refractivity contribution in [3.63, 3.8) is 0 Å². The Morgan fingerprint density at radius 2 is 1.82 bits per heavy atom. The van der Waals surface area contributed by atoms with Gasteiger partial charge in [-0.2, -0.15) is 0 Å². The highest BCUT2D eigenvalue weighted by Crippen LogP contribution is 2.17. The van der Waals surface area contributed by atoms with Gasteiger partial charge in [0.15, 0.2) is 5.96 Å². The minimum atomic E-state index is 0.347. The van der Waals surface area contributed by atoms with Crippen molar-refractivity contribution in [2.24, 2.45) is 16.3 Å². The van der Waals surface area contributed by atoms with Gasteiger partial charge in [-0.3, -0.25) is 9.89 Å². The molecule has 2 N–H and O–H groups in total. The maximum atomic E-state index is 5.46. The molecule has 0 bridgehead atoms. The molecule has 1 heterocycles. The molecule has 1 saturated heterocycles. The monoisotopic (exact) mass is 312 g/mol. The number of guanidine groups is 1. The molecule has 22 heavy (non-hydrogen) atoms. The number of nitrogens with one attached hydrogen (secondary N) is 2. The van der Waals surface area contributed by atoms with E-state index in [9.17, 15) is 0 Å². The topological polar surface area (TPSA) is 48.9 Å². The van der Waals surface area contributed by atoms with Crippen LogP contribution in [0.2, 0.25) is 0 Å². The van der Waals surface area contributed by atoms with E-state index in [0.29, 0.717) is 17.4 Å². The van der Waals surface area contributed by atoms with E-state index in [0.717, 1.165) is 51.8 Å². The van der Waals surface area contributed by atoms with Crippen LogP contribution < -0.4 is 10.6 Å². The maximum Gasteiger partial charge on any atom is 0.191 e. The number of hydrogen-bond donors (Lipinski definition) is 2. The van der Waals surface area contributed by atoms with E-state index in [1.165, 1.54) is 0 Å². The Morgan fingerprint density at radius 1 is 1.18 bits per heavy atom. The summed E-state index contributed by atoms with van der Waals surface area (Å²) < 4.78 is 5.46. The van der Waals surface area contributed by atoms with Crippen molar-refractivity contribution in [1.82, 2.24) is 15.5 Å². The number of hydrogen-bond acceptors (Lipinski definition) is 3. The fourth-order valence-electron chi connectivity index (χ4n) is 2.67. The summed E-state index contributed by atoms with van der Waals surface area (Å²) in [7, 11) is 1.84. The quantitative estimate of drug-likeness (QED) is 0.581. The first-order valence-electron chi connectivity index (χ1n) is 8.60. The van der Waals surface area contributed by atoms with Crippen LogP contribution in [0.5, 0.6) is 0 Å². The van der Waals surface area contributed by atoms with Crippen LogP contribution in [0.15, 0.2) is 4.99 Å². The molecule has 130 valence electrons. The van der Waals surface area contributed by atoms with Crippen LogP contribution in [-0.4, -0.2) is 63.3 Å². The van der Waals surface area contributed by atoms with Gasteiger partial charge in [0.2, 0.25) is 0 Å². The van der Waals surface area contributed by atoms with Gasteiger partial charge in [0.25, 0.3) is 0 Å². The fraction of sp³-hybridized carbons (Fsp3) is 0.941. The van der Waals surface area contributed by atoms with Crippen molar-refractivity contribution < 1.29 is 4.74 Å². The molecule has 1 aliphatic heterocycles. The van der Waals surface area contributed by atoms with E-state index in [2.05, 4.69) is 55.1 Å². The van der Waals surface area contributed by atoms with Crippen LogP contribution in [0.1, 0.15) is 41.0 Å². The molecule has 1 aliphatic rings. The Bertz CT molecular complexity index is 330. The second kappa shape index (κ2) is 9.36. The van der Waals surface area contributed by atoms with E-state index in [1.54, 1.807) is 0 Å². The lowest BCUT2D eigenvalue weighted by molar-refractivity contribution is 0.00752. The van der Waals surface area contributed by atoms with Gasteiger partial charge in [-0.1, -0.05) is 34.6 Å². The minimum Gasteiger partial charge on any atom is -0.379 e. The molecule has 5 nitrogen and oxygen atoms in total. The lowest BCUT2D eigenvalue weighted by Gasteiger charge is -2.37. The Labute approximate surface area is 136 Å². The second-order valence-corrected chi connectivity index (χ2v) is 7.65. The van der Waals surface area contributed by atoms with Crippen LogP contribution in [0.25, 0.3) is 0 Å². The average molecular weight is 313 g/mol. The highest BCUT2D eigenvalue weighted by atomic mass is 16.5. The maximum absolute atomic E-state index is 5.46. The smallest absolute Gasteiger partial charge is 0.191 e. The van der Waals surface area contributed by atoms with Gasteiger partial charge in [-0.05, 0) is 17.8 Å². The molecular weight excluding hydrogens is 276 g/mol. The molecule has 0 aromatic heterocycles. The predicted octanol–water partition coefficient (Wildman–Crippen LogP) is 1.94. The van der Waals surface area contributed by atoms with Crippen molar-refractivity contribution in [3.8, 4) is 0 Å². The largest absolute Gasteiger partial charge is 0.379 e.